The zero-order chi connectivity index (χ0) is 9.84. The van der Waals surface area contributed by atoms with Crippen LogP contribution in [0, 0.1) is 5.82 Å². The third-order valence-corrected chi connectivity index (χ3v) is 2.16. The minimum atomic E-state index is -0.358. The lowest BCUT2D eigenvalue weighted by atomic mass is 10.1. The van der Waals surface area contributed by atoms with Crippen molar-refractivity contribution in [2.75, 3.05) is 0 Å². The molecule has 0 spiro atoms. The van der Waals surface area contributed by atoms with Crippen LogP contribution in [0.4, 0.5) is 4.39 Å². The van der Waals surface area contributed by atoms with Crippen LogP contribution >= 0.6 is 11.6 Å². The number of hydrogen-bond donors (Lipinski definition) is 0. The minimum Gasteiger partial charge on any atom is -0.299 e. The normalized spacial score (nSPS) is 10.1. The fourth-order valence-electron chi connectivity index (χ4n) is 1.02. The number of benzene rings is 1. The minimum absolute atomic E-state index is 0.0625. The lowest BCUT2D eigenvalue weighted by Gasteiger charge is -2.01. The number of hydrogen-bond acceptors (Lipinski definition) is 1. The quantitative estimate of drug-likeness (QED) is 0.733. The predicted molar refractivity (Wildman–Crippen MR) is 50.4 cm³/mol. The van der Waals surface area contributed by atoms with Crippen LogP contribution in [0.1, 0.15) is 18.9 Å². The number of carbonyl (C=O) groups is 1. The molecule has 0 heterocycles. The van der Waals surface area contributed by atoms with E-state index in [1.54, 1.807) is 6.92 Å². The zero-order valence-electron chi connectivity index (χ0n) is 7.31. The molecule has 0 fully saturated rings. The molecule has 0 unspecified atom stereocenters. The molecular weight excluding hydrogens is 191 g/mol. The van der Waals surface area contributed by atoms with Gasteiger partial charge in [-0.2, -0.15) is 0 Å². The van der Waals surface area contributed by atoms with Crippen molar-refractivity contribution in [2.24, 2.45) is 0 Å². The molecule has 0 N–H and O–H groups in total. The van der Waals surface area contributed by atoms with Crippen molar-refractivity contribution < 1.29 is 9.18 Å². The van der Waals surface area contributed by atoms with Crippen LogP contribution in [0.15, 0.2) is 18.2 Å². The second-order valence-corrected chi connectivity index (χ2v) is 3.21. The van der Waals surface area contributed by atoms with Gasteiger partial charge >= 0.3 is 0 Å². The second-order valence-electron chi connectivity index (χ2n) is 2.80. The Bertz CT molecular complexity index is 323. The summed E-state index contributed by atoms with van der Waals surface area (Å²) in [5.74, 6) is -0.296. The Morgan fingerprint density at radius 3 is 2.85 bits per heavy atom. The number of Topliss-reactive ketones (excluding diaryl/α,β-unsaturated/α-hetero) is 1. The molecule has 0 aliphatic heterocycles. The molecule has 13 heavy (non-hydrogen) atoms. The third kappa shape index (κ3) is 2.81. The van der Waals surface area contributed by atoms with E-state index in [0.717, 1.165) is 0 Å². The van der Waals surface area contributed by atoms with Crippen molar-refractivity contribution in [3.63, 3.8) is 0 Å². The first-order valence-electron chi connectivity index (χ1n) is 4.09. The van der Waals surface area contributed by atoms with Gasteiger partial charge < -0.3 is 0 Å². The van der Waals surface area contributed by atoms with Gasteiger partial charge in [0.1, 0.15) is 11.6 Å². The third-order valence-electron chi connectivity index (χ3n) is 1.79. The van der Waals surface area contributed by atoms with E-state index in [9.17, 15) is 9.18 Å². The average Bonchev–Trinajstić information content (AvgIpc) is 2.11. The summed E-state index contributed by atoms with van der Waals surface area (Å²) in [6.07, 6.45) is 0.667. The molecule has 70 valence electrons. The fourth-order valence-corrected chi connectivity index (χ4v) is 1.20. The standard InChI is InChI=1S/C10H10ClFO/c1-2-9(13)6-7-5-8(12)3-4-10(7)11/h3-5H,2,6H2,1H3. The number of rotatable bonds is 3. The summed E-state index contributed by atoms with van der Waals surface area (Å²) in [6, 6.07) is 4.05. The summed E-state index contributed by atoms with van der Waals surface area (Å²) < 4.78 is 12.7. The first kappa shape index (κ1) is 10.2. The van der Waals surface area contributed by atoms with Crippen LogP contribution < -0.4 is 0 Å². The summed E-state index contributed by atoms with van der Waals surface area (Å²) in [5.41, 5.74) is 0.563. The van der Waals surface area contributed by atoms with E-state index in [-0.39, 0.29) is 18.0 Å². The monoisotopic (exact) mass is 200 g/mol. The zero-order valence-corrected chi connectivity index (χ0v) is 8.07. The Morgan fingerprint density at radius 2 is 2.23 bits per heavy atom. The molecule has 0 aliphatic rings. The summed E-state index contributed by atoms with van der Waals surface area (Å²) in [5, 5.41) is 0.447. The Labute approximate surface area is 81.5 Å². The first-order chi connectivity index (χ1) is 6.13. The van der Waals surface area contributed by atoms with Crippen molar-refractivity contribution in [1.82, 2.24) is 0 Å². The highest BCUT2D eigenvalue weighted by molar-refractivity contribution is 6.31. The van der Waals surface area contributed by atoms with Crippen molar-refractivity contribution in [1.29, 1.82) is 0 Å². The van der Waals surface area contributed by atoms with E-state index in [2.05, 4.69) is 0 Å². The Morgan fingerprint density at radius 1 is 1.54 bits per heavy atom. The van der Waals surface area contributed by atoms with Crippen LogP contribution in [-0.4, -0.2) is 5.78 Å². The van der Waals surface area contributed by atoms with Gasteiger partial charge in [0, 0.05) is 17.9 Å². The fraction of sp³-hybridized carbons (Fsp3) is 0.300. The van der Waals surface area contributed by atoms with Gasteiger partial charge in [-0.15, -0.1) is 0 Å². The smallest absolute Gasteiger partial charge is 0.137 e. The lowest BCUT2D eigenvalue weighted by Crippen LogP contribution is -2.01. The SMILES string of the molecule is CCC(=O)Cc1cc(F)ccc1Cl. The maximum atomic E-state index is 12.7. The van der Waals surface area contributed by atoms with Gasteiger partial charge in [0.2, 0.25) is 0 Å². The van der Waals surface area contributed by atoms with Crippen molar-refractivity contribution in [3.8, 4) is 0 Å². The van der Waals surface area contributed by atoms with Gasteiger partial charge in [0.05, 0.1) is 0 Å². The highest BCUT2D eigenvalue weighted by atomic mass is 35.5. The lowest BCUT2D eigenvalue weighted by molar-refractivity contribution is -0.118. The van der Waals surface area contributed by atoms with Gasteiger partial charge in [-0.1, -0.05) is 18.5 Å². The van der Waals surface area contributed by atoms with E-state index in [1.165, 1.54) is 18.2 Å². The van der Waals surface area contributed by atoms with Crippen LogP contribution in [-0.2, 0) is 11.2 Å². The Hall–Kier alpha value is -0.890. The number of ketones is 1. The van der Waals surface area contributed by atoms with E-state index < -0.39 is 0 Å². The Kier molecular flexibility index (Phi) is 3.43. The second kappa shape index (κ2) is 4.38. The van der Waals surface area contributed by atoms with E-state index >= 15 is 0 Å². The van der Waals surface area contributed by atoms with Gasteiger partial charge in [-0.05, 0) is 23.8 Å². The summed E-state index contributed by atoms with van der Waals surface area (Å²) >= 11 is 5.78. The summed E-state index contributed by atoms with van der Waals surface area (Å²) in [6.45, 7) is 1.77. The van der Waals surface area contributed by atoms with Crippen LogP contribution in [0.5, 0.6) is 0 Å². The molecule has 0 radical (unpaired) electrons. The van der Waals surface area contributed by atoms with Gasteiger partial charge in [-0.3, -0.25) is 4.79 Å². The van der Waals surface area contributed by atoms with Crippen molar-refractivity contribution in [2.45, 2.75) is 19.8 Å². The highest BCUT2D eigenvalue weighted by Gasteiger charge is 2.06. The molecule has 0 aliphatic carbocycles. The van der Waals surface area contributed by atoms with Gasteiger partial charge in [0.15, 0.2) is 0 Å². The molecule has 0 amide bonds. The first-order valence-corrected chi connectivity index (χ1v) is 4.47. The molecule has 3 heteroatoms. The van der Waals surface area contributed by atoms with Gasteiger partial charge in [-0.25, -0.2) is 4.39 Å². The van der Waals surface area contributed by atoms with Crippen LogP contribution in [0.3, 0.4) is 0 Å². The van der Waals surface area contributed by atoms with E-state index in [0.29, 0.717) is 17.0 Å². The average molecular weight is 201 g/mol. The topological polar surface area (TPSA) is 17.1 Å². The molecule has 0 saturated heterocycles. The molecule has 1 aromatic rings. The van der Waals surface area contributed by atoms with E-state index in [1.807, 2.05) is 0 Å². The molecular formula is C10H10ClFO. The highest BCUT2D eigenvalue weighted by Crippen LogP contribution is 2.17. The number of halogens is 2. The predicted octanol–water partition coefficient (Wildman–Crippen LogP) is 3.00. The number of carbonyl (C=O) groups excluding carboxylic acids is 1. The molecule has 0 bridgehead atoms. The maximum absolute atomic E-state index is 12.7. The van der Waals surface area contributed by atoms with Crippen molar-refractivity contribution >= 4 is 17.4 Å². The molecule has 0 atom stereocenters. The summed E-state index contributed by atoms with van der Waals surface area (Å²) in [7, 11) is 0. The largest absolute Gasteiger partial charge is 0.299 e. The van der Waals surface area contributed by atoms with Crippen LogP contribution in [0.2, 0.25) is 5.02 Å². The van der Waals surface area contributed by atoms with E-state index in [4.69, 9.17) is 11.6 Å². The summed E-state index contributed by atoms with van der Waals surface area (Å²) in [4.78, 5) is 11.1. The molecule has 1 rings (SSSR count). The van der Waals surface area contributed by atoms with Crippen molar-refractivity contribution in [3.05, 3.63) is 34.6 Å². The molecule has 0 saturated carbocycles. The van der Waals surface area contributed by atoms with Crippen LogP contribution in [0.25, 0.3) is 0 Å². The maximum Gasteiger partial charge on any atom is 0.137 e. The Balaban J connectivity index is 2.87. The molecule has 0 aromatic heterocycles. The molecule has 1 nitrogen and oxygen atoms in total. The molecule has 1 aromatic carbocycles. The van der Waals surface area contributed by atoms with Gasteiger partial charge in [0.25, 0.3) is 0 Å².